The number of hydrogen-bond acceptors (Lipinski definition) is 3. The Morgan fingerprint density at radius 1 is 1.22 bits per heavy atom. The van der Waals surface area contributed by atoms with Crippen LogP contribution in [0.2, 0.25) is 0 Å². The fourth-order valence-electron chi connectivity index (χ4n) is 1.99. The molecule has 1 heterocycles. The normalized spacial score (nSPS) is 23.2. The Labute approximate surface area is 117 Å². The van der Waals surface area contributed by atoms with Gasteiger partial charge >= 0.3 is 0 Å². The quantitative estimate of drug-likeness (QED) is 0.828. The van der Waals surface area contributed by atoms with Gasteiger partial charge in [0.05, 0.1) is 4.90 Å². The van der Waals surface area contributed by atoms with Crippen LogP contribution < -0.4 is 0 Å². The van der Waals surface area contributed by atoms with Crippen molar-refractivity contribution in [1.82, 2.24) is 9.21 Å². The summed E-state index contributed by atoms with van der Waals surface area (Å²) in [6.45, 7) is 3.92. The van der Waals surface area contributed by atoms with Gasteiger partial charge in [-0.05, 0) is 38.2 Å². The monoisotopic (exact) mass is 332 g/mol. The molecule has 0 aliphatic carbocycles. The molecule has 0 radical (unpaired) electrons. The van der Waals surface area contributed by atoms with Crippen LogP contribution in [0, 0.1) is 0 Å². The van der Waals surface area contributed by atoms with E-state index in [-0.39, 0.29) is 6.04 Å². The summed E-state index contributed by atoms with van der Waals surface area (Å²) in [5.74, 6) is 0. The molecule has 0 spiro atoms. The molecule has 0 N–H and O–H groups in total. The largest absolute Gasteiger partial charge is 0.301 e. The summed E-state index contributed by atoms with van der Waals surface area (Å²) < 4.78 is 27.3. The van der Waals surface area contributed by atoms with Gasteiger partial charge in [-0.25, -0.2) is 8.42 Å². The molecule has 1 atom stereocenters. The van der Waals surface area contributed by atoms with Gasteiger partial charge in [0, 0.05) is 30.1 Å². The summed E-state index contributed by atoms with van der Waals surface area (Å²) in [5, 5.41) is 0. The number of hydrogen-bond donors (Lipinski definition) is 0. The maximum absolute atomic E-state index is 12.4. The smallest absolute Gasteiger partial charge is 0.243 e. The lowest BCUT2D eigenvalue weighted by Crippen LogP contribution is -2.51. The average Bonchev–Trinajstić information content (AvgIpc) is 2.33. The zero-order valence-corrected chi connectivity index (χ0v) is 12.9. The van der Waals surface area contributed by atoms with Gasteiger partial charge in [-0.3, -0.25) is 0 Å². The fourth-order valence-corrected chi connectivity index (χ4v) is 3.77. The maximum Gasteiger partial charge on any atom is 0.243 e. The molecule has 1 aromatic carbocycles. The standard InChI is InChI=1S/C12H17BrN2O2S/c1-10-9-15(8-7-14(10)2)18(16,17)12-5-3-11(13)4-6-12/h3-6,10H,7-9H2,1-2H3. The molecule has 1 aliphatic heterocycles. The molecule has 6 heteroatoms. The van der Waals surface area contributed by atoms with Gasteiger partial charge in [0.2, 0.25) is 10.0 Å². The van der Waals surface area contributed by atoms with E-state index in [1.807, 2.05) is 14.0 Å². The van der Waals surface area contributed by atoms with Crippen LogP contribution in [0.3, 0.4) is 0 Å². The van der Waals surface area contributed by atoms with Gasteiger partial charge in [-0.1, -0.05) is 15.9 Å². The van der Waals surface area contributed by atoms with Gasteiger partial charge in [0.15, 0.2) is 0 Å². The van der Waals surface area contributed by atoms with E-state index in [4.69, 9.17) is 0 Å². The van der Waals surface area contributed by atoms with Gasteiger partial charge in [-0.2, -0.15) is 4.31 Å². The summed E-state index contributed by atoms with van der Waals surface area (Å²) in [4.78, 5) is 2.54. The van der Waals surface area contributed by atoms with Crippen molar-refractivity contribution in [3.63, 3.8) is 0 Å². The Balaban J connectivity index is 2.24. The van der Waals surface area contributed by atoms with Crippen molar-refractivity contribution in [1.29, 1.82) is 0 Å². The van der Waals surface area contributed by atoms with Gasteiger partial charge in [-0.15, -0.1) is 0 Å². The van der Waals surface area contributed by atoms with Crippen molar-refractivity contribution in [3.05, 3.63) is 28.7 Å². The van der Waals surface area contributed by atoms with Crippen LogP contribution in [0.1, 0.15) is 6.92 Å². The molecule has 4 nitrogen and oxygen atoms in total. The molecule has 100 valence electrons. The SMILES string of the molecule is CC1CN(S(=O)(=O)c2ccc(Br)cc2)CCN1C. The van der Waals surface area contributed by atoms with Crippen molar-refractivity contribution < 1.29 is 8.42 Å². The topological polar surface area (TPSA) is 40.6 Å². The van der Waals surface area contributed by atoms with E-state index in [0.29, 0.717) is 18.0 Å². The van der Waals surface area contributed by atoms with E-state index in [1.54, 1.807) is 28.6 Å². The third-order valence-electron chi connectivity index (χ3n) is 3.37. The highest BCUT2D eigenvalue weighted by molar-refractivity contribution is 9.10. The molecule has 0 bridgehead atoms. The van der Waals surface area contributed by atoms with Gasteiger partial charge in [0.1, 0.15) is 0 Å². The highest BCUT2D eigenvalue weighted by atomic mass is 79.9. The Morgan fingerprint density at radius 3 is 2.39 bits per heavy atom. The first-order valence-electron chi connectivity index (χ1n) is 5.87. The highest BCUT2D eigenvalue weighted by Crippen LogP contribution is 2.21. The Morgan fingerprint density at radius 2 is 1.83 bits per heavy atom. The number of piperazine rings is 1. The Bertz CT molecular complexity index is 515. The summed E-state index contributed by atoms with van der Waals surface area (Å²) in [7, 11) is -1.33. The maximum atomic E-state index is 12.4. The van der Waals surface area contributed by atoms with Crippen LogP contribution >= 0.6 is 15.9 Å². The molecular weight excluding hydrogens is 316 g/mol. The molecule has 2 rings (SSSR count). The zero-order chi connectivity index (χ0) is 13.3. The predicted molar refractivity (Wildman–Crippen MR) is 75.0 cm³/mol. The molecule has 0 saturated carbocycles. The van der Waals surface area contributed by atoms with E-state index in [2.05, 4.69) is 20.8 Å². The van der Waals surface area contributed by atoms with Crippen molar-refractivity contribution in [2.24, 2.45) is 0 Å². The zero-order valence-electron chi connectivity index (χ0n) is 10.5. The average molecular weight is 333 g/mol. The molecular formula is C12H17BrN2O2S. The van der Waals surface area contributed by atoms with E-state index < -0.39 is 10.0 Å². The first-order chi connectivity index (χ1) is 8.41. The minimum atomic E-state index is -3.35. The molecule has 1 saturated heterocycles. The molecule has 0 aromatic heterocycles. The van der Waals surface area contributed by atoms with Crippen LogP contribution in [-0.2, 0) is 10.0 Å². The molecule has 0 amide bonds. The summed E-state index contributed by atoms with van der Waals surface area (Å²) in [6, 6.07) is 7.05. The molecule has 1 fully saturated rings. The second-order valence-corrected chi connectivity index (χ2v) is 7.50. The molecule has 1 unspecified atom stereocenters. The molecule has 1 aromatic rings. The lowest BCUT2D eigenvalue weighted by atomic mass is 10.2. The second kappa shape index (κ2) is 5.28. The van der Waals surface area contributed by atoms with Crippen molar-refractivity contribution in [2.75, 3.05) is 26.7 Å². The lowest BCUT2D eigenvalue weighted by molar-refractivity contribution is 0.159. The minimum Gasteiger partial charge on any atom is -0.301 e. The first kappa shape index (κ1) is 14.0. The molecule has 1 aliphatic rings. The Kier molecular flexibility index (Phi) is 4.11. The van der Waals surface area contributed by atoms with E-state index >= 15 is 0 Å². The van der Waals surface area contributed by atoms with E-state index in [9.17, 15) is 8.42 Å². The number of sulfonamides is 1. The number of rotatable bonds is 2. The van der Waals surface area contributed by atoms with Crippen LogP contribution in [0.5, 0.6) is 0 Å². The third kappa shape index (κ3) is 2.77. The van der Waals surface area contributed by atoms with E-state index in [1.165, 1.54) is 0 Å². The third-order valence-corrected chi connectivity index (χ3v) is 5.78. The predicted octanol–water partition coefficient (Wildman–Crippen LogP) is 1.77. The summed E-state index contributed by atoms with van der Waals surface area (Å²) in [6.07, 6.45) is 0. The fraction of sp³-hybridized carbons (Fsp3) is 0.500. The van der Waals surface area contributed by atoms with Crippen molar-refractivity contribution in [3.8, 4) is 0 Å². The van der Waals surface area contributed by atoms with Crippen molar-refractivity contribution >= 4 is 26.0 Å². The van der Waals surface area contributed by atoms with Crippen LogP contribution in [0.4, 0.5) is 0 Å². The highest BCUT2D eigenvalue weighted by Gasteiger charge is 2.30. The molecule has 18 heavy (non-hydrogen) atoms. The number of likely N-dealkylation sites (N-methyl/N-ethyl adjacent to an activating group) is 1. The van der Waals surface area contributed by atoms with E-state index in [0.717, 1.165) is 11.0 Å². The Hall–Kier alpha value is -0.430. The first-order valence-corrected chi connectivity index (χ1v) is 8.10. The van der Waals surface area contributed by atoms with Gasteiger partial charge < -0.3 is 4.90 Å². The van der Waals surface area contributed by atoms with Crippen LogP contribution in [-0.4, -0.2) is 50.3 Å². The number of halogens is 1. The van der Waals surface area contributed by atoms with Crippen LogP contribution in [0.25, 0.3) is 0 Å². The lowest BCUT2D eigenvalue weighted by Gasteiger charge is -2.36. The second-order valence-electron chi connectivity index (χ2n) is 4.65. The van der Waals surface area contributed by atoms with Crippen LogP contribution in [0.15, 0.2) is 33.6 Å². The number of benzene rings is 1. The number of nitrogens with zero attached hydrogens (tertiary/aromatic N) is 2. The minimum absolute atomic E-state index is 0.254. The van der Waals surface area contributed by atoms with Gasteiger partial charge in [0.25, 0.3) is 0 Å². The summed E-state index contributed by atoms with van der Waals surface area (Å²) >= 11 is 3.31. The van der Waals surface area contributed by atoms with Crippen molar-refractivity contribution in [2.45, 2.75) is 17.9 Å². The summed E-state index contributed by atoms with van der Waals surface area (Å²) in [5.41, 5.74) is 0.